The molecule has 1 fully saturated rings. The Labute approximate surface area is 150 Å². The molecular formula is C20H20FN3O2. The van der Waals surface area contributed by atoms with E-state index in [0.29, 0.717) is 18.3 Å². The molecule has 0 bridgehead atoms. The Balaban J connectivity index is 1.54. The molecule has 6 heteroatoms. The first kappa shape index (κ1) is 16.7. The fourth-order valence-electron chi connectivity index (χ4n) is 3.06. The van der Waals surface area contributed by atoms with Crippen LogP contribution in [0.25, 0.3) is 11.5 Å². The molecule has 1 aliphatic carbocycles. The Morgan fingerprint density at radius 3 is 2.69 bits per heavy atom. The molecule has 0 N–H and O–H groups in total. The van der Waals surface area contributed by atoms with E-state index in [-0.39, 0.29) is 11.7 Å². The molecule has 5 nitrogen and oxygen atoms in total. The summed E-state index contributed by atoms with van der Waals surface area (Å²) in [6, 6.07) is 14.6. The molecule has 0 unspecified atom stereocenters. The fourth-order valence-corrected chi connectivity index (χ4v) is 3.06. The summed E-state index contributed by atoms with van der Waals surface area (Å²) in [5, 5.41) is 4.29. The van der Waals surface area contributed by atoms with Gasteiger partial charge in [0.2, 0.25) is 5.89 Å². The van der Waals surface area contributed by atoms with Crippen LogP contribution in [0.2, 0.25) is 0 Å². The van der Waals surface area contributed by atoms with E-state index in [1.165, 1.54) is 27.9 Å². The molecule has 0 spiro atoms. The highest BCUT2D eigenvalue weighted by Crippen LogP contribution is 2.29. The van der Waals surface area contributed by atoms with Gasteiger partial charge in [-0.3, -0.25) is 4.90 Å². The van der Waals surface area contributed by atoms with Crippen LogP contribution in [-0.2, 0) is 13.2 Å². The van der Waals surface area contributed by atoms with Gasteiger partial charge in [-0.25, -0.2) is 9.18 Å². The predicted octanol–water partition coefficient (Wildman–Crippen LogP) is 3.57. The lowest BCUT2D eigenvalue weighted by Crippen LogP contribution is -2.32. The largest absolute Gasteiger partial charge is 0.438 e. The van der Waals surface area contributed by atoms with Gasteiger partial charge in [0.15, 0.2) is 0 Å². The zero-order valence-electron chi connectivity index (χ0n) is 14.6. The fraction of sp³-hybridized carbons (Fsp3) is 0.300. The van der Waals surface area contributed by atoms with E-state index < -0.39 is 5.76 Å². The topological polar surface area (TPSA) is 51.3 Å². The van der Waals surface area contributed by atoms with Crippen LogP contribution >= 0.6 is 0 Å². The Bertz CT molecular complexity index is 958. The van der Waals surface area contributed by atoms with E-state index in [2.05, 4.69) is 35.1 Å². The smallest absolute Gasteiger partial charge is 0.388 e. The van der Waals surface area contributed by atoms with Crippen molar-refractivity contribution in [1.82, 2.24) is 14.7 Å². The molecule has 0 atom stereocenters. The SMILES string of the molecule is Cc1cccc(CN(Cn2nc(-c3ccc(F)cc3)oc2=O)C2CC2)c1. The lowest BCUT2D eigenvalue weighted by Gasteiger charge is -2.21. The van der Waals surface area contributed by atoms with Crippen molar-refractivity contribution >= 4 is 0 Å². The average Bonchev–Trinajstić information content (AvgIpc) is 3.40. The number of halogens is 1. The lowest BCUT2D eigenvalue weighted by atomic mass is 10.1. The second-order valence-electron chi connectivity index (χ2n) is 6.79. The zero-order valence-corrected chi connectivity index (χ0v) is 14.6. The van der Waals surface area contributed by atoms with Crippen molar-refractivity contribution in [2.75, 3.05) is 0 Å². The van der Waals surface area contributed by atoms with E-state index in [1.54, 1.807) is 12.1 Å². The van der Waals surface area contributed by atoms with E-state index in [9.17, 15) is 9.18 Å². The second kappa shape index (κ2) is 6.88. The molecule has 2 aromatic carbocycles. The molecule has 1 aromatic heterocycles. The Kier molecular flexibility index (Phi) is 4.42. The Morgan fingerprint density at radius 2 is 2.00 bits per heavy atom. The maximum atomic E-state index is 13.1. The number of benzene rings is 2. The van der Waals surface area contributed by atoms with Gasteiger partial charge in [-0.1, -0.05) is 29.8 Å². The van der Waals surface area contributed by atoms with Crippen molar-refractivity contribution in [1.29, 1.82) is 0 Å². The van der Waals surface area contributed by atoms with Gasteiger partial charge in [-0.05, 0) is 49.6 Å². The van der Waals surface area contributed by atoms with Crippen molar-refractivity contribution in [3.63, 3.8) is 0 Å². The Hall–Kier alpha value is -2.73. The van der Waals surface area contributed by atoms with Crippen LogP contribution in [0.4, 0.5) is 4.39 Å². The zero-order chi connectivity index (χ0) is 18.1. The van der Waals surface area contributed by atoms with Crippen LogP contribution in [0.1, 0.15) is 24.0 Å². The summed E-state index contributed by atoms with van der Waals surface area (Å²) in [4.78, 5) is 14.4. The number of aromatic nitrogens is 2. The summed E-state index contributed by atoms with van der Waals surface area (Å²) in [6.45, 7) is 3.21. The van der Waals surface area contributed by atoms with E-state index in [4.69, 9.17) is 4.42 Å². The van der Waals surface area contributed by atoms with Gasteiger partial charge in [0.25, 0.3) is 0 Å². The van der Waals surface area contributed by atoms with E-state index in [1.807, 2.05) is 6.07 Å². The summed E-state index contributed by atoms with van der Waals surface area (Å²) in [7, 11) is 0. The van der Waals surface area contributed by atoms with Gasteiger partial charge >= 0.3 is 5.76 Å². The van der Waals surface area contributed by atoms with Gasteiger partial charge in [0.05, 0.1) is 0 Å². The molecule has 0 aliphatic heterocycles. The number of rotatable bonds is 6. The van der Waals surface area contributed by atoms with E-state index >= 15 is 0 Å². The van der Waals surface area contributed by atoms with Crippen LogP contribution in [0.3, 0.4) is 0 Å². The minimum atomic E-state index is -0.501. The minimum Gasteiger partial charge on any atom is -0.388 e. The van der Waals surface area contributed by atoms with E-state index in [0.717, 1.165) is 19.4 Å². The molecule has 1 heterocycles. The third kappa shape index (κ3) is 3.75. The molecule has 0 amide bonds. The maximum absolute atomic E-state index is 13.1. The monoisotopic (exact) mass is 353 g/mol. The third-order valence-electron chi connectivity index (χ3n) is 4.54. The molecule has 0 radical (unpaired) electrons. The maximum Gasteiger partial charge on any atom is 0.438 e. The van der Waals surface area contributed by atoms with Crippen molar-refractivity contribution in [3.05, 3.63) is 76.0 Å². The van der Waals surface area contributed by atoms with Crippen LogP contribution < -0.4 is 5.76 Å². The molecule has 134 valence electrons. The van der Waals surface area contributed by atoms with Crippen molar-refractivity contribution < 1.29 is 8.81 Å². The van der Waals surface area contributed by atoms with Crippen molar-refractivity contribution in [2.24, 2.45) is 0 Å². The quantitative estimate of drug-likeness (QED) is 0.680. The van der Waals surface area contributed by atoms with Crippen molar-refractivity contribution in [3.8, 4) is 11.5 Å². The number of aryl methyl sites for hydroxylation is 1. The average molecular weight is 353 g/mol. The molecule has 26 heavy (non-hydrogen) atoms. The highest BCUT2D eigenvalue weighted by Gasteiger charge is 2.30. The normalized spacial score (nSPS) is 14.1. The first-order chi connectivity index (χ1) is 12.6. The summed E-state index contributed by atoms with van der Waals surface area (Å²) in [6.07, 6.45) is 2.26. The van der Waals surface area contributed by atoms with Gasteiger partial charge in [-0.15, -0.1) is 5.10 Å². The highest BCUT2D eigenvalue weighted by molar-refractivity contribution is 5.51. The first-order valence-electron chi connectivity index (χ1n) is 8.72. The van der Waals surface area contributed by atoms with Crippen LogP contribution in [0.15, 0.2) is 57.7 Å². The minimum absolute atomic E-state index is 0.210. The molecule has 3 aromatic rings. The number of hydrogen-bond acceptors (Lipinski definition) is 4. The molecule has 0 saturated heterocycles. The first-order valence-corrected chi connectivity index (χ1v) is 8.72. The van der Waals surface area contributed by atoms with Gasteiger partial charge in [0, 0.05) is 18.2 Å². The van der Waals surface area contributed by atoms with Gasteiger partial charge < -0.3 is 4.42 Å². The highest BCUT2D eigenvalue weighted by atomic mass is 19.1. The molecule has 1 aliphatic rings. The van der Waals surface area contributed by atoms with Crippen molar-refractivity contribution in [2.45, 2.75) is 39.0 Å². The number of hydrogen-bond donors (Lipinski definition) is 0. The third-order valence-corrected chi connectivity index (χ3v) is 4.54. The molecule has 1 saturated carbocycles. The standard InChI is InChI=1S/C20H20FN3O2/c1-14-3-2-4-15(11-14)12-23(18-9-10-18)13-24-20(25)26-19(22-24)16-5-7-17(21)8-6-16/h2-8,11,18H,9-10,12-13H2,1H3. The second-order valence-corrected chi connectivity index (χ2v) is 6.79. The molecule has 4 rings (SSSR count). The predicted molar refractivity (Wildman–Crippen MR) is 95.9 cm³/mol. The lowest BCUT2D eigenvalue weighted by molar-refractivity contribution is 0.182. The van der Waals surface area contributed by atoms with Crippen LogP contribution in [0.5, 0.6) is 0 Å². The summed E-state index contributed by atoms with van der Waals surface area (Å²) >= 11 is 0. The van der Waals surface area contributed by atoms with Gasteiger partial charge in [-0.2, -0.15) is 4.68 Å². The summed E-state index contributed by atoms with van der Waals surface area (Å²) in [5.41, 5.74) is 3.02. The Morgan fingerprint density at radius 1 is 1.23 bits per heavy atom. The summed E-state index contributed by atoms with van der Waals surface area (Å²) in [5.74, 6) is -0.630. The number of nitrogens with zero attached hydrogens (tertiary/aromatic N) is 3. The van der Waals surface area contributed by atoms with Gasteiger partial charge in [0.1, 0.15) is 12.5 Å². The van der Waals surface area contributed by atoms with Crippen LogP contribution in [0, 0.1) is 12.7 Å². The van der Waals surface area contributed by atoms with Crippen LogP contribution in [-0.4, -0.2) is 20.7 Å². The molecular weight excluding hydrogens is 333 g/mol. The summed E-state index contributed by atoms with van der Waals surface area (Å²) < 4.78 is 19.7.